The number of rotatable bonds is 3. The van der Waals surface area contributed by atoms with E-state index in [1.54, 1.807) is 10.4 Å². The molecule has 0 amide bonds. The van der Waals surface area contributed by atoms with E-state index < -0.39 is 0 Å². The maximum atomic E-state index is 5.86. The second-order valence-corrected chi connectivity index (χ2v) is 7.02. The molecule has 1 aromatic rings. The van der Waals surface area contributed by atoms with Gasteiger partial charge in [0, 0.05) is 9.75 Å². The van der Waals surface area contributed by atoms with Crippen LogP contribution in [0.1, 0.15) is 66.3 Å². The van der Waals surface area contributed by atoms with Gasteiger partial charge < -0.3 is 0 Å². The maximum Gasteiger partial charge on any atom is 0.0581 e. The number of hydrogen-bond acceptors (Lipinski definition) is 3. The van der Waals surface area contributed by atoms with E-state index in [-0.39, 0.29) is 0 Å². The lowest BCUT2D eigenvalue weighted by Crippen LogP contribution is -2.33. The van der Waals surface area contributed by atoms with Gasteiger partial charge >= 0.3 is 0 Å². The fraction of sp³-hybridized carbons (Fsp3) is 0.733. The van der Waals surface area contributed by atoms with Crippen LogP contribution >= 0.6 is 11.3 Å². The van der Waals surface area contributed by atoms with Crippen LogP contribution in [0.5, 0.6) is 0 Å². The summed E-state index contributed by atoms with van der Waals surface area (Å²) in [5, 5.41) is 0. The molecule has 0 saturated heterocycles. The molecule has 1 aromatic heterocycles. The molecule has 2 nitrogen and oxygen atoms in total. The summed E-state index contributed by atoms with van der Waals surface area (Å²) in [6.07, 6.45) is 12.2. The molecule has 1 unspecified atom stereocenters. The largest absolute Gasteiger partial charge is 0.271 e. The Hall–Kier alpha value is -0.380. The Labute approximate surface area is 114 Å². The molecule has 3 rings (SSSR count). The lowest BCUT2D eigenvalue weighted by molar-refractivity contribution is 0.333. The molecule has 1 saturated carbocycles. The van der Waals surface area contributed by atoms with E-state index in [4.69, 9.17) is 5.84 Å². The van der Waals surface area contributed by atoms with E-state index in [9.17, 15) is 0 Å². The summed E-state index contributed by atoms with van der Waals surface area (Å²) in [7, 11) is 0. The fourth-order valence-corrected chi connectivity index (χ4v) is 5.01. The lowest BCUT2D eigenvalue weighted by atomic mass is 9.91. The van der Waals surface area contributed by atoms with E-state index >= 15 is 0 Å². The number of thiophene rings is 1. The highest BCUT2D eigenvalue weighted by Crippen LogP contribution is 2.39. The Morgan fingerprint density at radius 3 is 2.56 bits per heavy atom. The molecule has 0 radical (unpaired) electrons. The fourth-order valence-electron chi connectivity index (χ4n) is 3.60. The molecule has 2 aliphatic carbocycles. The van der Waals surface area contributed by atoms with E-state index in [2.05, 4.69) is 11.5 Å². The normalized spacial score (nSPS) is 22.7. The Balaban J connectivity index is 1.77. The van der Waals surface area contributed by atoms with Crippen molar-refractivity contribution in [2.75, 3.05) is 0 Å². The minimum atomic E-state index is 0.402. The van der Waals surface area contributed by atoms with Crippen molar-refractivity contribution in [2.24, 2.45) is 11.8 Å². The van der Waals surface area contributed by atoms with E-state index in [0.717, 1.165) is 5.92 Å². The Morgan fingerprint density at radius 1 is 1.11 bits per heavy atom. The number of nitrogens with one attached hydrogen (secondary N) is 1. The van der Waals surface area contributed by atoms with Crippen molar-refractivity contribution in [1.82, 2.24) is 5.43 Å². The molecule has 0 aliphatic heterocycles. The van der Waals surface area contributed by atoms with Crippen LogP contribution in [-0.2, 0) is 12.8 Å². The van der Waals surface area contributed by atoms with E-state index in [0.29, 0.717) is 6.04 Å². The van der Waals surface area contributed by atoms with Crippen LogP contribution in [0.15, 0.2) is 6.07 Å². The Bertz CT molecular complexity index is 370. The first-order valence-corrected chi connectivity index (χ1v) is 8.28. The molecule has 0 bridgehead atoms. The minimum Gasteiger partial charge on any atom is -0.271 e. The summed E-state index contributed by atoms with van der Waals surface area (Å²) < 4.78 is 0. The zero-order chi connectivity index (χ0) is 12.4. The summed E-state index contributed by atoms with van der Waals surface area (Å²) >= 11 is 2.01. The van der Waals surface area contributed by atoms with Gasteiger partial charge in [0.2, 0.25) is 0 Å². The number of fused-ring (bicyclic) bond motifs is 1. The molecule has 1 fully saturated rings. The topological polar surface area (TPSA) is 38.0 Å². The second-order valence-electron chi connectivity index (χ2n) is 5.85. The highest BCUT2D eigenvalue weighted by atomic mass is 32.1. The van der Waals surface area contributed by atoms with Crippen LogP contribution in [-0.4, -0.2) is 0 Å². The van der Waals surface area contributed by atoms with Gasteiger partial charge in [0.05, 0.1) is 6.04 Å². The average Bonchev–Trinajstić information content (AvgIpc) is 2.84. The minimum absolute atomic E-state index is 0.402. The molecule has 100 valence electrons. The van der Waals surface area contributed by atoms with E-state index in [1.165, 1.54) is 62.7 Å². The van der Waals surface area contributed by atoms with Gasteiger partial charge in [0.25, 0.3) is 0 Å². The van der Waals surface area contributed by atoms with Crippen molar-refractivity contribution in [3.05, 3.63) is 21.4 Å². The van der Waals surface area contributed by atoms with Gasteiger partial charge in [0.1, 0.15) is 0 Å². The van der Waals surface area contributed by atoms with Crippen molar-refractivity contribution in [3.8, 4) is 0 Å². The van der Waals surface area contributed by atoms with Gasteiger partial charge in [-0.25, -0.2) is 0 Å². The first-order chi connectivity index (χ1) is 8.88. The highest BCUT2D eigenvalue weighted by Gasteiger charge is 2.26. The average molecular weight is 264 g/mol. The van der Waals surface area contributed by atoms with Crippen LogP contribution in [0.4, 0.5) is 0 Å². The summed E-state index contributed by atoms with van der Waals surface area (Å²) in [5.74, 6) is 6.61. The summed E-state index contributed by atoms with van der Waals surface area (Å²) in [6.45, 7) is 0. The smallest absolute Gasteiger partial charge is 0.0581 e. The van der Waals surface area contributed by atoms with Gasteiger partial charge in [-0.2, -0.15) is 0 Å². The number of hydrogen-bond donors (Lipinski definition) is 2. The number of nitrogens with two attached hydrogens (primary N) is 1. The third kappa shape index (κ3) is 2.49. The van der Waals surface area contributed by atoms with Crippen molar-refractivity contribution < 1.29 is 0 Å². The first-order valence-electron chi connectivity index (χ1n) is 7.46. The first kappa shape index (κ1) is 12.6. The summed E-state index contributed by atoms with van der Waals surface area (Å²) in [4.78, 5) is 3.12. The van der Waals surface area contributed by atoms with Crippen LogP contribution in [0.25, 0.3) is 0 Å². The standard InChI is InChI=1S/C15H24N2S/c16-17-15(11-6-3-1-2-4-7-11)14-10-12-8-5-9-13(12)18-14/h10-11,15,17H,1-9,16H2. The molecule has 1 atom stereocenters. The quantitative estimate of drug-likeness (QED) is 0.496. The molecule has 0 spiro atoms. The predicted octanol–water partition coefficient (Wildman–Crippen LogP) is 3.71. The predicted molar refractivity (Wildman–Crippen MR) is 77.6 cm³/mol. The van der Waals surface area contributed by atoms with Gasteiger partial charge in [-0.15, -0.1) is 11.3 Å². The molecular formula is C15H24N2S. The van der Waals surface area contributed by atoms with Crippen LogP contribution in [0, 0.1) is 5.92 Å². The third-order valence-electron chi connectivity index (χ3n) is 4.62. The summed E-state index contributed by atoms with van der Waals surface area (Å²) in [6, 6.07) is 2.83. The molecule has 3 heteroatoms. The van der Waals surface area contributed by atoms with Crippen LogP contribution in [0.2, 0.25) is 0 Å². The monoisotopic (exact) mass is 264 g/mol. The molecule has 1 heterocycles. The van der Waals surface area contributed by atoms with Gasteiger partial charge in [-0.1, -0.05) is 25.7 Å². The van der Waals surface area contributed by atoms with Crippen LogP contribution in [0.3, 0.4) is 0 Å². The number of aryl methyl sites for hydroxylation is 2. The van der Waals surface area contributed by atoms with Crippen LogP contribution < -0.4 is 11.3 Å². The third-order valence-corrected chi connectivity index (χ3v) is 5.94. The van der Waals surface area contributed by atoms with Gasteiger partial charge in [-0.05, 0) is 49.7 Å². The zero-order valence-electron chi connectivity index (χ0n) is 11.1. The van der Waals surface area contributed by atoms with E-state index in [1.807, 2.05) is 11.3 Å². The van der Waals surface area contributed by atoms with Crippen molar-refractivity contribution in [1.29, 1.82) is 0 Å². The SMILES string of the molecule is NNC(c1cc2c(s1)CCC2)C1CCCCCC1. The molecule has 3 N–H and O–H groups in total. The Kier molecular flexibility index (Phi) is 4.02. The van der Waals surface area contributed by atoms with Gasteiger partial charge in [0.15, 0.2) is 0 Å². The maximum absolute atomic E-state index is 5.86. The molecule has 2 aliphatic rings. The Morgan fingerprint density at radius 2 is 1.89 bits per heavy atom. The highest BCUT2D eigenvalue weighted by molar-refractivity contribution is 7.12. The lowest BCUT2D eigenvalue weighted by Gasteiger charge is -2.24. The molecule has 18 heavy (non-hydrogen) atoms. The van der Waals surface area contributed by atoms with Crippen molar-refractivity contribution >= 4 is 11.3 Å². The molecular weight excluding hydrogens is 240 g/mol. The zero-order valence-corrected chi connectivity index (χ0v) is 11.9. The van der Waals surface area contributed by atoms with Crippen molar-refractivity contribution in [2.45, 2.75) is 63.8 Å². The summed E-state index contributed by atoms with van der Waals surface area (Å²) in [5.41, 5.74) is 4.72. The molecule has 0 aromatic carbocycles. The van der Waals surface area contributed by atoms with Crippen molar-refractivity contribution in [3.63, 3.8) is 0 Å². The van der Waals surface area contributed by atoms with Gasteiger partial charge in [-0.3, -0.25) is 11.3 Å². The second kappa shape index (κ2) is 5.72. The number of hydrazine groups is 1.